The van der Waals surface area contributed by atoms with Gasteiger partial charge in [0.2, 0.25) is 0 Å². The van der Waals surface area contributed by atoms with Crippen molar-refractivity contribution in [2.45, 2.75) is 102 Å². The van der Waals surface area contributed by atoms with Crippen molar-refractivity contribution < 1.29 is 23.4 Å². The maximum Gasteiger partial charge on any atom is 0.339 e. The van der Waals surface area contributed by atoms with Gasteiger partial charge in [0.25, 0.3) is 10.0 Å². The number of carbonyl (C=O) groups is 1. The lowest BCUT2D eigenvalue weighted by atomic mass is 10.0. The van der Waals surface area contributed by atoms with Crippen LogP contribution in [0, 0.1) is 0 Å². The largest absolute Gasteiger partial charge is 0.507 e. The number of aromatic nitrogens is 2. The van der Waals surface area contributed by atoms with E-state index in [-0.39, 0.29) is 4.90 Å². The number of hydrogen-bond acceptors (Lipinski definition) is 6. The number of phenols is 1. The fourth-order valence-corrected chi connectivity index (χ4v) is 4.93. The number of hydrogen-bond donors (Lipinski definition) is 3. The zero-order valence-corrected chi connectivity index (χ0v) is 23.0. The molecule has 9 nitrogen and oxygen atoms in total. The predicted octanol–water partition coefficient (Wildman–Crippen LogP) is 5.25. The average Bonchev–Trinajstić information content (AvgIpc) is 2.87. The summed E-state index contributed by atoms with van der Waals surface area (Å²) >= 11 is 0. The molecule has 1 heterocycles. The van der Waals surface area contributed by atoms with E-state index in [0.717, 1.165) is 43.2 Å². The lowest BCUT2D eigenvalue weighted by Gasteiger charge is -2.07. The van der Waals surface area contributed by atoms with E-state index in [1.165, 1.54) is 70.6 Å². The second-order valence-electron chi connectivity index (χ2n) is 9.53. The molecule has 0 aliphatic rings. The van der Waals surface area contributed by atoms with Gasteiger partial charge in [-0.1, -0.05) is 84.0 Å². The van der Waals surface area contributed by atoms with E-state index in [4.69, 9.17) is 5.11 Å². The number of unbranched alkanes of at least 4 members (excludes halogenated alkanes) is 12. The van der Waals surface area contributed by atoms with Crippen molar-refractivity contribution in [3.8, 4) is 5.75 Å². The van der Waals surface area contributed by atoms with Gasteiger partial charge in [-0.15, -0.1) is 5.10 Å². The van der Waals surface area contributed by atoms with Gasteiger partial charge in [-0.25, -0.2) is 9.78 Å². The molecule has 2 aromatic rings. The maximum absolute atomic E-state index is 12.6. The van der Waals surface area contributed by atoms with Crippen LogP contribution in [0.3, 0.4) is 0 Å². The molecule has 0 aliphatic heterocycles. The third-order valence-corrected chi connectivity index (χ3v) is 7.59. The number of nitrogens with one attached hydrogen (secondary N) is 1. The normalized spacial score (nSPS) is 12.1. The molecular weight excluding hydrogens is 492 g/mol. The fourth-order valence-electron chi connectivity index (χ4n) is 4.09. The van der Waals surface area contributed by atoms with Crippen LogP contribution >= 0.6 is 0 Å². The third-order valence-electron chi connectivity index (χ3n) is 6.38. The number of nitrogens with zero attached hydrogens (tertiary/aromatic N) is 3. The Morgan fingerprint density at radius 1 is 0.946 bits per heavy atom. The molecule has 1 aromatic heterocycles. The van der Waals surface area contributed by atoms with Gasteiger partial charge in [-0.05, 0) is 31.0 Å². The molecule has 0 atom stereocenters. The Kier molecular flexibility index (Phi) is 13.2. The standard InChI is InChI=1S/C27H42N4O5S/c1-3-4-5-6-7-8-9-10-11-12-13-14-15-16-22-19-26(31(2)21-28-22)29-30-37(35,36)23-17-18-25(32)24(20-23)27(33)34/h17-21,30,32H,3-16H2,1-2H3,(H,33,34)/b29-26-. The van der Waals surface area contributed by atoms with Crippen LogP contribution in [0.25, 0.3) is 0 Å². The van der Waals surface area contributed by atoms with Crippen molar-refractivity contribution in [2.24, 2.45) is 12.1 Å². The Morgan fingerprint density at radius 3 is 2.08 bits per heavy atom. The Labute approximate surface area is 220 Å². The number of carboxylic acid groups (broad SMARTS) is 1. The first-order valence-electron chi connectivity index (χ1n) is 13.4. The average molecular weight is 535 g/mol. The molecule has 0 saturated carbocycles. The SMILES string of the molecule is CCCCCCCCCCCCCCCc1c/c(=N/NS(=O)(=O)c2ccc(O)c(C(=O)O)c2)n(C)cn1. The molecule has 2 rings (SSSR count). The Bertz CT molecular complexity index is 1160. The van der Waals surface area contributed by atoms with Crippen LogP contribution in [-0.2, 0) is 23.5 Å². The summed E-state index contributed by atoms with van der Waals surface area (Å²) < 4.78 is 26.8. The minimum absolute atomic E-state index is 0.310. The molecule has 0 unspecified atom stereocenters. The van der Waals surface area contributed by atoms with Gasteiger partial charge in [0.1, 0.15) is 11.3 Å². The van der Waals surface area contributed by atoms with Gasteiger partial charge in [0.05, 0.1) is 11.2 Å². The minimum Gasteiger partial charge on any atom is -0.507 e. The van der Waals surface area contributed by atoms with Crippen LogP contribution in [-0.4, -0.2) is 34.2 Å². The van der Waals surface area contributed by atoms with Crippen LogP contribution < -0.4 is 10.3 Å². The summed E-state index contributed by atoms with van der Waals surface area (Å²) in [5.41, 5.74) is 0.704. The van der Waals surface area contributed by atoms with Gasteiger partial charge < -0.3 is 14.8 Å². The highest BCUT2D eigenvalue weighted by molar-refractivity contribution is 7.89. The number of benzene rings is 1. The molecule has 0 amide bonds. The van der Waals surface area contributed by atoms with Gasteiger partial charge in [0.15, 0.2) is 5.49 Å². The number of carboxylic acids is 1. The fraction of sp³-hybridized carbons (Fsp3) is 0.593. The summed E-state index contributed by atoms with van der Waals surface area (Å²) in [5, 5.41) is 22.7. The lowest BCUT2D eigenvalue weighted by Crippen LogP contribution is -2.27. The number of sulfonamides is 1. The van der Waals surface area contributed by atoms with Crippen molar-refractivity contribution in [3.05, 3.63) is 47.3 Å². The summed E-state index contributed by atoms with van der Waals surface area (Å²) in [6, 6.07) is 4.77. The Balaban J connectivity index is 1.78. The molecule has 37 heavy (non-hydrogen) atoms. The summed E-state index contributed by atoms with van der Waals surface area (Å²) in [6.07, 6.45) is 19.1. The quantitative estimate of drug-likeness (QED) is 0.177. The van der Waals surface area contributed by atoms with Crippen molar-refractivity contribution in [1.29, 1.82) is 0 Å². The van der Waals surface area contributed by atoms with Crippen molar-refractivity contribution >= 4 is 16.0 Å². The van der Waals surface area contributed by atoms with Crippen molar-refractivity contribution in [2.75, 3.05) is 0 Å². The van der Waals surface area contributed by atoms with E-state index < -0.39 is 27.3 Å². The molecule has 0 bridgehead atoms. The van der Waals surface area contributed by atoms with Crippen LogP contribution in [0.1, 0.15) is 106 Å². The van der Waals surface area contributed by atoms with Crippen molar-refractivity contribution in [3.63, 3.8) is 0 Å². The molecule has 0 spiro atoms. The van der Waals surface area contributed by atoms with E-state index in [0.29, 0.717) is 5.49 Å². The first-order chi connectivity index (χ1) is 17.7. The molecule has 3 N–H and O–H groups in total. The summed E-state index contributed by atoms with van der Waals surface area (Å²) in [5.74, 6) is -1.94. The first-order valence-corrected chi connectivity index (χ1v) is 14.9. The van der Waals surface area contributed by atoms with Crippen LogP contribution in [0.2, 0.25) is 0 Å². The Hall–Kier alpha value is -2.88. The number of aryl methyl sites for hydroxylation is 2. The highest BCUT2D eigenvalue weighted by Crippen LogP contribution is 2.21. The molecular formula is C27H42N4O5S. The van der Waals surface area contributed by atoms with E-state index in [1.54, 1.807) is 24.0 Å². The molecule has 10 heteroatoms. The number of rotatable bonds is 18. The zero-order chi connectivity index (χ0) is 27.1. The zero-order valence-electron chi connectivity index (χ0n) is 22.2. The van der Waals surface area contributed by atoms with E-state index in [1.807, 2.05) is 0 Å². The van der Waals surface area contributed by atoms with Gasteiger partial charge in [0, 0.05) is 18.8 Å². The summed E-state index contributed by atoms with van der Waals surface area (Å²) in [7, 11) is -2.42. The van der Waals surface area contributed by atoms with E-state index in [2.05, 4.69) is 21.8 Å². The summed E-state index contributed by atoms with van der Waals surface area (Å²) in [6.45, 7) is 2.25. The molecule has 0 radical (unpaired) electrons. The molecule has 0 aliphatic carbocycles. The smallest absolute Gasteiger partial charge is 0.339 e. The predicted molar refractivity (Wildman–Crippen MR) is 144 cm³/mol. The third kappa shape index (κ3) is 11.0. The minimum atomic E-state index is -4.13. The second-order valence-corrected chi connectivity index (χ2v) is 11.2. The van der Waals surface area contributed by atoms with Crippen LogP contribution in [0.4, 0.5) is 0 Å². The van der Waals surface area contributed by atoms with Crippen LogP contribution in [0.5, 0.6) is 5.75 Å². The highest BCUT2D eigenvalue weighted by Gasteiger charge is 2.18. The van der Waals surface area contributed by atoms with E-state index in [9.17, 15) is 18.3 Å². The van der Waals surface area contributed by atoms with E-state index >= 15 is 0 Å². The van der Waals surface area contributed by atoms with Gasteiger partial charge in [-0.2, -0.15) is 13.2 Å². The summed E-state index contributed by atoms with van der Waals surface area (Å²) in [4.78, 5) is 17.4. The Morgan fingerprint density at radius 2 is 1.51 bits per heavy atom. The molecule has 0 fully saturated rings. The lowest BCUT2D eigenvalue weighted by molar-refractivity contribution is 0.0693. The monoisotopic (exact) mass is 534 g/mol. The molecule has 1 aromatic carbocycles. The first kappa shape index (κ1) is 30.3. The number of aromatic hydroxyl groups is 1. The van der Waals surface area contributed by atoms with Crippen LogP contribution in [0.15, 0.2) is 40.6 Å². The topological polar surface area (TPSA) is 134 Å². The maximum atomic E-state index is 12.6. The number of aromatic carboxylic acids is 1. The second kappa shape index (κ2) is 16.1. The molecule has 206 valence electrons. The molecule has 0 saturated heterocycles. The van der Waals surface area contributed by atoms with Gasteiger partial charge in [-0.3, -0.25) is 0 Å². The van der Waals surface area contributed by atoms with Crippen molar-refractivity contribution in [1.82, 2.24) is 14.4 Å². The highest BCUT2D eigenvalue weighted by atomic mass is 32.2. The van der Waals surface area contributed by atoms with Gasteiger partial charge >= 0.3 is 5.97 Å².